The van der Waals surface area contributed by atoms with E-state index in [2.05, 4.69) is 15.6 Å². The number of allylic oxidation sites excluding steroid dienone is 1. The van der Waals surface area contributed by atoms with Gasteiger partial charge in [0, 0.05) is 18.4 Å². The first-order valence-corrected chi connectivity index (χ1v) is 11.0. The normalized spacial score (nSPS) is 16.3. The largest absolute Gasteiger partial charge is 0.463 e. The Labute approximate surface area is 184 Å². The van der Waals surface area contributed by atoms with Gasteiger partial charge in [0.2, 0.25) is 0 Å². The van der Waals surface area contributed by atoms with Crippen LogP contribution in [0.1, 0.15) is 42.4 Å². The fourth-order valence-electron chi connectivity index (χ4n) is 3.91. The summed E-state index contributed by atoms with van der Waals surface area (Å²) in [7, 11) is 2.01. The van der Waals surface area contributed by atoms with Gasteiger partial charge in [-0.25, -0.2) is 9.79 Å². The molecule has 160 valence electrons. The van der Waals surface area contributed by atoms with Gasteiger partial charge in [0.05, 0.1) is 28.5 Å². The van der Waals surface area contributed by atoms with Gasteiger partial charge in [-0.15, -0.1) is 0 Å². The molecule has 3 aromatic rings. The van der Waals surface area contributed by atoms with Crippen LogP contribution >= 0.6 is 11.3 Å². The maximum atomic E-state index is 13.5. The molecular weight excluding hydrogens is 410 g/mol. The van der Waals surface area contributed by atoms with Gasteiger partial charge in [-0.05, 0) is 51.0 Å². The highest BCUT2D eigenvalue weighted by Crippen LogP contribution is 2.30. The maximum absolute atomic E-state index is 13.5. The number of hydrogen-bond donors (Lipinski definition) is 0. The lowest BCUT2D eigenvalue weighted by Crippen LogP contribution is -2.39. The highest BCUT2D eigenvalue weighted by atomic mass is 32.1. The van der Waals surface area contributed by atoms with Crippen LogP contribution in [0.5, 0.6) is 0 Å². The molecule has 0 saturated carbocycles. The van der Waals surface area contributed by atoms with Crippen LogP contribution < -0.4 is 14.9 Å². The van der Waals surface area contributed by atoms with Crippen molar-refractivity contribution in [2.24, 2.45) is 12.0 Å². The lowest BCUT2D eigenvalue weighted by molar-refractivity contribution is -0.139. The number of carbonyl (C=O) groups excluding carboxylic acids is 1. The lowest BCUT2D eigenvalue weighted by atomic mass is 9.96. The van der Waals surface area contributed by atoms with E-state index in [0.29, 0.717) is 20.6 Å². The second-order valence-electron chi connectivity index (χ2n) is 7.60. The number of fused-ring (bicyclic) bond motifs is 1. The second-order valence-corrected chi connectivity index (χ2v) is 8.61. The zero-order chi connectivity index (χ0) is 22.3. The molecule has 0 fully saturated rings. The SMILES string of the molecule is CCOC(=O)C1=C(C)N=c2sc(=Cc3cc(C)n(C)c3C)c(=O)n2[C@@H]1c1ccccc1. The van der Waals surface area contributed by atoms with Gasteiger partial charge in [0.25, 0.3) is 5.56 Å². The van der Waals surface area contributed by atoms with Crippen LogP contribution in [-0.2, 0) is 16.6 Å². The molecule has 1 aliphatic heterocycles. The van der Waals surface area contributed by atoms with Crippen molar-refractivity contribution in [2.75, 3.05) is 6.61 Å². The summed E-state index contributed by atoms with van der Waals surface area (Å²) in [6.45, 7) is 7.89. The Morgan fingerprint density at radius 3 is 2.55 bits per heavy atom. The number of carbonyl (C=O) groups is 1. The standard InChI is InChI=1S/C24H25N3O3S/c1-6-30-23(29)20-15(3)25-24-27(21(20)17-10-8-7-9-11-17)22(28)19(31-24)13-18-12-14(2)26(5)16(18)4/h7-13,21H,6H2,1-5H3/t21-/m1/s1. The molecule has 1 aromatic carbocycles. The number of hydrogen-bond acceptors (Lipinski definition) is 5. The quantitative estimate of drug-likeness (QED) is 0.592. The molecule has 0 N–H and O–H groups in total. The number of esters is 1. The molecule has 0 radical (unpaired) electrons. The van der Waals surface area contributed by atoms with Crippen LogP contribution in [-0.4, -0.2) is 21.7 Å². The number of rotatable bonds is 4. The minimum Gasteiger partial charge on any atom is -0.463 e. The van der Waals surface area contributed by atoms with Crippen LogP contribution in [0.2, 0.25) is 0 Å². The third kappa shape index (κ3) is 3.59. The van der Waals surface area contributed by atoms with Crippen LogP contribution in [0.15, 0.2) is 57.5 Å². The summed E-state index contributed by atoms with van der Waals surface area (Å²) in [5.41, 5.74) is 4.88. The Balaban J connectivity index is 1.97. The van der Waals surface area contributed by atoms with Crippen molar-refractivity contribution < 1.29 is 9.53 Å². The molecule has 0 unspecified atom stereocenters. The van der Waals surface area contributed by atoms with E-state index in [-0.39, 0.29) is 12.2 Å². The van der Waals surface area contributed by atoms with Crippen molar-refractivity contribution in [3.05, 3.63) is 89.9 Å². The average Bonchev–Trinajstić information content (AvgIpc) is 3.18. The van der Waals surface area contributed by atoms with Crippen molar-refractivity contribution in [3.63, 3.8) is 0 Å². The van der Waals surface area contributed by atoms with E-state index in [0.717, 1.165) is 22.5 Å². The van der Waals surface area contributed by atoms with E-state index >= 15 is 0 Å². The fourth-order valence-corrected chi connectivity index (χ4v) is 4.95. The van der Waals surface area contributed by atoms with Gasteiger partial charge < -0.3 is 9.30 Å². The van der Waals surface area contributed by atoms with E-state index < -0.39 is 12.0 Å². The van der Waals surface area contributed by atoms with Gasteiger partial charge in [0.1, 0.15) is 0 Å². The number of thiazole rings is 1. The highest BCUT2D eigenvalue weighted by Gasteiger charge is 2.33. The predicted octanol–water partition coefficient (Wildman–Crippen LogP) is 2.75. The molecule has 31 heavy (non-hydrogen) atoms. The molecule has 0 spiro atoms. The Morgan fingerprint density at radius 1 is 1.23 bits per heavy atom. The van der Waals surface area contributed by atoms with E-state index in [9.17, 15) is 9.59 Å². The number of aryl methyl sites for hydroxylation is 1. The van der Waals surface area contributed by atoms with Crippen LogP contribution in [0.3, 0.4) is 0 Å². The van der Waals surface area contributed by atoms with E-state index in [1.165, 1.54) is 11.3 Å². The Morgan fingerprint density at radius 2 is 1.94 bits per heavy atom. The highest BCUT2D eigenvalue weighted by molar-refractivity contribution is 7.07. The van der Waals surface area contributed by atoms with Crippen molar-refractivity contribution in [1.82, 2.24) is 9.13 Å². The summed E-state index contributed by atoms with van der Waals surface area (Å²) in [5.74, 6) is -0.443. The zero-order valence-corrected chi connectivity index (χ0v) is 19.1. The monoisotopic (exact) mass is 435 g/mol. The van der Waals surface area contributed by atoms with Crippen LogP contribution in [0.4, 0.5) is 0 Å². The summed E-state index contributed by atoms with van der Waals surface area (Å²) in [4.78, 5) is 31.6. The molecule has 4 rings (SSSR count). The molecule has 2 aromatic heterocycles. The average molecular weight is 436 g/mol. The summed E-state index contributed by atoms with van der Waals surface area (Å²) in [6.07, 6.45) is 1.91. The first-order valence-electron chi connectivity index (χ1n) is 10.2. The summed E-state index contributed by atoms with van der Waals surface area (Å²) < 4.78 is 9.62. The maximum Gasteiger partial charge on any atom is 0.338 e. The number of aromatic nitrogens is 2. The Kier molecular flexibility index (Phi) is 5.54. The molecule has 0 aliphatic carbocycles. The molecule has 1 aliphatic rings. The zero-order valence-electron chi connectivity index (χ0n) is 18.3. The second kappa shape index (κ2) is 8.15. The van der Waals surface area contributed by atoms with Gasteiger partial charge in [-0.3, -0.25) is 9.36 Å². The summed E-state index contributed by atoms with van der Waals surface area (Å²) in [5, 5.41) is 0. The third-order valence-corrected chi connectivity index (χ3v) is 6.72. The number of ether oxygens (including phenoxy) is 1. The van der Waals surface area contributed by atoms with Gasteiger partial charge in [-0.1, -0.05) is 41.7 Å². The van der Waals surface area contributed by atoms with Crippen molar-refractivity contribution in [2.45, 2.75) is 33.7 Å². The Hall–Kier alpha value is -3.19. The first kappa shape index (κ1) is 21.1. The molecule has 0 bridgehead atoms. The molecule has 7 heteroatoms. The van der Waals surface area contributed by atoms with E-state index in [1.54, 1.807) is 18.4 Å². The smallest absolute Gasteiger partial charge is 0.338 e. The number of benzene rings is 1. The molecular formula is C24H25N3O3S. The van der Waals surface area contributed by atoms with Crippen LogP contribution in [0.25, 0.3) is 6.08 Å². The number of nitrogens with zero attached hydrogens (tertiary/aromatic N) is 3. The molecule has 3 heterocycles. The van der Waals surface area contributed by atoms with Crippen molar-refractivity contribution >= 4 is 23.4 Å². The summed E-state index contributed by atoms with van der Waals surface area (Å²) >= 11 is 1.34. The summed E-state index contributed by atoms with van der Waals surface area (Å²) in [6, 6.07) is 11.1. The Bertz CT molecular complexity index is 1370. The van der Waals surface area contributed by atoms with E-state index in [4.69, 9.17) is 4.74 Å². The van der Waals surface area contributed by atoms with Gasteiger partial charge in [0.15, 0.2) is 4.80 Å². The van der Waals surface area contributed by atoms with Crippen molar-refractivity contribution in [1.29, 1.82) is 0 Å². The lowest BCUT2D eigenvalue weighted by Gasteiger charge is -2.24. The van der Waals surface area contributed by atoms with Crippen molar-refractivity contribution in [3.8, 4) is 0 Å². The minimum atomic E-state index is -0.572. The third-order valence-electron chi connectivity index (χ3n) is 5.73. The van der Waals surface area contributed by atoms with Gasteiger partial charge >= 0.3 is 5.97 Å². The predicted molar refractivity (Wildman–Crippen MR) is 122 cm³/mol. The molecule has 6 nitrogen and oxygen atoms in total. The van der Waals surface area contributed by atoms with Gasteiger partial charge in [-0.2, -0.15) is 0 Å². The fraction of sp³-hybridized carbons (Fsp3) is 0.292. The van der Waals surface area contributed by atoms with E-state index in [1.807, 2.05) is 57.3 Å². The first-order chi connectivity index (χ1) is 14.8. The minimum absolute atomic E-state index is 0.159. The van der Waals surface area contributed by atoms with Crippen LogP contribution in [0, 0.1) is 13.8 Å². The topological polar surface area (TPSA) is 65.6 Å². The molecule has 1 atom stereocenters. The molecule has 0 saturated heterocycles. The molecule has 0 amide bonds.